The third-order valence-corrected chi connectivity index (χ3v) is 15.0. The topological polar surface area (TPSA) is 9.86 Å². The molecule has 0 unspecified atom stereocenters. The van der Waals surface area contributed by atoms with Gasteiger partial charge in [-0.2, -0.15) is 13.2 Å². The van der Waals surface area contributed by atoms with Gasteiger partial charge in [-0.15, -0.1) is 0 Å². The number of halogens is 3. The fourth-order valence-electron chi connectivity index (χ4n) is 10.0. The fourth-order valence-corrected chi connectivity index (χ4v) is 10.0. The zero-order valence-corrected chi connectivity index (χ0v) is 42.1. The van der Waals surface area contributed by atoms with Crippen LogP contribution < -0.4 is 0 Å². The molecule has 0 fully saturated rings. The molecule has 0 saturated carbocycles. The lowest BCUT2D eigenvalue weighted by atomic mass is 9.90. The molecule has 2 heterocycles. The molecule has 0 atom stereocenters. The number of aryl methyl sites for hydroxylation is 11. The fraction of sp³-hybridized carbons (Fsp3) is 0.379. The standard InChI is InChI=1S/2C21H27N.C14H11F3.C2H6/c2*1-10-12(3)16(7)20-18(14(10)5)19-15(6)11(2)13(4)17(8)21(19)22(20)9;1-10-7-12(11-5-3-2-4-6-11)9-13(8-10)14(15,16)17;1-2/h2*1-9H3;2-9H,1H3;1-2H3. The van der Waals surface area contributed by atoms with Crippen molar-refractivity contribution in [3.63, 3.8) is 0 Å². The van der Waals surface area contributed by atoms with Crippen LogP contribution in [0.4, 0.5) is 13.2 Å². The Morgan fingerprint density at radius 3 is 0.873 bits per heavy atom. The maximum Gasteiger partial charge on any atom is 0.416 e. The van der Waals surface area contributed by atoms with Gasteiger partial charge in [-0.05, 0) is 236 Å². The molecular formula is C58H71F3N2. The van der Waals surface area contributed by atoms with Crippen molar-refractivity contribution in [2.45, 2.75) is 138 Å². The van der Waals surface area contributed by atoms with Gasteiger partial charge in [0.25, 0.3) is 0 Å². The number of hydrogen-bond donors (Lipinski definition) is 0. The van der Waals surface area contributed by atoms with E-state index in [1.807, 2.05) is 32.0 Å². The largest absolute Gasteiger partial charge is 0.416 e. The average molecular weight is 853 g/mol. The quantitative estimate of drug-likeness (QED) is 0.156. The third kappa shape index (κ3) is 8.11. The Kier molecular flexibility index (Phi) is 14.0. The Hall–Kier alpha value is -5.29. The van der Waals surface area contributed by atoms with Crippen molar-refractivity contribution in [1.82, 2.24) is 9.13 Å². The van der Waals surface area contributed by atoms with Crippen molar-refractivity contribution >= 4 is 43.6 Å². The van der Waals surface area contributed by atoms with Crippen molar-refractivity contribution in [2.75, 3.05) is 0 Å². The number of alkyl halides is 3. The molecule has 0 aliphatic carbocycles. The number of hydrogen-bond acceptors (Lipinski definition) is 0. The summed E-state index contributed by atoms with van der Waals surface area (Å²) in [6.45, 7) is 42.0. The maximum absolute atomic E-state index is 12.7. The summed E-state index contributed by atoms with van der Waals surface area (Å²) < 4.78 is 42.8. The average Bonchev–Trinajstić information content (AvgIpc) is 3.75. The summed E-state index contributed by atoms with van der Waals surface area (Å²) >= 11 is 0. The first-order valence-electron chi connectivity index (χ1n) is 22.5. The lowest BCUT2D eigenvalue weighted by Gasteiger charge is -2.13. The first-order chi connectivity index (χ1) is 29.4. The zero-order valence-electron chi connectivity index (χ0n) is 42.1. The minimum absolute atomic E-state index is 0.595. The Morgan fingerprint density at radius 1 is 0.333 bits per heavy atom. The summed E-state index contributed by atoms with van der Waals surface area (Å²) in [4.78, 5) is 0. The lowest BCUT2D eigenvalue weighted by Crippen LogP contribution is -2.05. The van der Waals surface area contributed by atoms with Crippen molar-refractivity contribution < 1.29 is 13.2 Å². The van der Waals surface area contributed by atoms with Crippen LogP contribution in [0.25, 0.3) is 54.7 Å². The number of fused-ring (bicyclic) bond motifs is 6. The van der Waals surface area contributed by atoms with Crippen LogP contribution in [0, 0.1) is 118 Å². The Bertz CT molecular complexity index is 2760. The maximum atomic E-state index is 12.7. The van der Waals surface area contributed by atoms with E-state index >= 15 is 0 Å². The van der Waals surface area contributed by atoms with Crippen LogP contribution in [0.15, 0.2) is 48.5 Å². The van der Waals surface area contributed by atoms with Gasteiger partial charge in [-0.25, -0.2) is 0 Å². The van der Waals surface area contributed by atoms with E-state index in [-0.39, 0.29) is 0 Å². The van der Waals surface area contributed by atoms with Gasteiger partial charge in [0.1, 0.15) is 0 Å². The van der Waals surface area contributed by atoms with E-state index < -0.39 is 11.7 Å². The van der Waals surface area contributed by atoms with E-state index in [0.717, 1.165) is 11.6 Å². The van der Waals surface area contributed by atoms with Crippen molar-refractivity contribution in [3.8, 4) is 11.1 Å². The highest BCUT2D eigenvalue weighted by Crippen LogP contribution is 2.43. The zero-order chi connectivity index (χ0) is 47.5. The van der Waals surface area contributed by atoms with Gasteiger partial charge in [0.15, 0.2) is 0 Å². The second kappa shape index (κ2) is 18.1. The molecule has 8 rings (SSSR count). The summed E-state index contributed by atoms with van der Waals surface area (Å²) in [6.07, 6.45) is -4.30. The molecule has 2 aromatic heterocycles. The molecule has 0 saturated heterocycles. The lowest BCUT2D eigenvalue weighted by molar-refractivity contribution is -0.137. The second-order valence-corrected chi connectivity index (χ2v) is 18.0. The van der Waals surface area contributed by atoms with Crippen LogP contribution >= 0.6 is 0 Å². The summed E-state index contributed by atoms with van der Waals surface area (Å²) in [5, 5.41) is 5.84. The van der Waals surface area contributed by atoms with Crippen molar-refractivity contribution in [2.24, 2.45) is 14.1 Å². The molecule has 6 aromatic carbocycles. The Balaban J connectivity index is 0.000000176. The number of nitrogens with zero attached hydrogens (tertiary/aromatic N) is 2. The van der Waals surface area contributed by atoms with E-state index in [1.54, 1.807) is 25.1 Å². The highest BCUT2D eigenvalue weighted by molar-refractivity contribution is 6.15. The van der Waals surface area contributed by atoms with E-state index in [9.17, 15) is 13.2 Å². The van der Waals surface area contributed by atoms with Crippen LogP contribution in [-0.4, -0.2) is 9.13 Å². The molecule has 5 heteroatoms. The first-order valence-corrected chi connectivity index (χ1v) is 22.5. The van der Waals surface area contributed by atoms with Gasteiger partial charge in [0.05, 0.1) is 27.6 Å². The van der Waals surface area contributed by atoms with Crippen LogP contribution in [0.1, 0.15) is 114 Å². The Morgan fingerprint density at radius 2 is 0.603 bits per heavy atom. The smallest absolute Gasteiger partial charge is 0.343 e. The summed E-state index contributed by atoms with van der Waals surface area (Å²) in [5.41, 5.74) is 30.0. The van der Waals surface area contributed by atoms with Crippen molar-refractivity contribution in [3.05, 3.63) is 149 Å². The highest BCUT2D eigenvalue weighted by atomic mass is 19.4. The molecule has 0 N–H and O–H groups in total. The highest BCUT2D eigenvalue weighted by Gasteiger charge is 2.31. The monoisotopic (exact) mass is 853 g/mol. The second-order valence-electron chi connectivity index (χ2n) is 18.0. The number of aromatic nitrogens is 2. The SMILES string of the molecule is CC.Cc1c(C)c(C)c2c(c1C)c1c(C)c(C)c(C)c(C)c1n2C.Cc1c(C)c(C)c2c(c1C)c1c(C)c(C)c(C)c(C)c1n2C.Cc1cc(-c2ccccc2)cc(C(F)(F)F)c1. The van der Waals surface area contributed by atoms with E-state index in [2.05, 4.69) is 134 Å². The van der Waals surface area contributed by atoms with Gasteiger partial charge in [-0.1, -0.05) is 50.2 Å². The van der Waals surface area contributed by atoms with Gasteiger partial charge >= 0.3 is 6.18 Å². The number of benzene rings is 6. The molecule has 0 spiro atoms. The third-order valence-electron chi connectivity index (χ3n) is 15.0. The predicted octanol–water partition coefficient (Wildman–Crippen LogP) is 17.3. The molecule has 0 radical (unpaired) electrons. The van der Waals surface area contributed by atoms with Crippen LogP contribution in [-0.2, 0) is 20.3 Å². The van der Waals surface area contributed by atoms with Gasteiger partial charge < -0.3 is 9.13 Å². The van der Waals surface area contributed by atoms with E-state index in [1.165, 1.54) is 139 Å². The van der Waals surface area contributed by atoms with E-state index in [4.69, 9.17) is 0 Å². The van der Waals surface area contributed by atoms with Crippen molar-refractivity contribution in [1.29, 1.82) is 0 Å². The Labute approximate surface area is 376 Å². The summed E-state index contributed by atoms with van der Waals surface area (Å²) in [7, 11) is 4.46. The minimum Gasteiger partial charge on any atom is -0.343 e. The minimum atomic E-state index is -4.30. The van der Waals surface area contributed by atoms with Crippen LogP contribution in [0.3, 0.4) is 0 Å². The molecular weight excluding hydrogens is 782 g/mol. The molecule has 0 bridgehead atoms. The summed E-state index contributed by atoms with van der Waals surface area (Å²) in [6, 6.07) is 13.2. The number of rotatable bonds is 1. The molecule has 0 amide bonds. The molecule has 8 aromatic rings. The van der Waals surface area contributed by atoms with Gasteiger partial charge in [0.2, 0.25) is 0 Å². The first kappa shape index (κ1) is 48.7. The molecule has 63 heavy (non-hydrogen) atoms. The van der Waals surface area contributed by atoms with Crippen LogP contribution in [0.2, 0.25) is 0 Å². The predicted molar refractivity (Wildman–Crippen MR) is 270 cm³/mol. The molecule has 0 aliphatic rings. The molecule has 0 aliphatic heterocycles. The van der Waals surface area contributed by atoms with E-state index in [0.29, 0.717) is 11.1 Å². The molecule has 2 nitrogen and oxygen atoms in total. The van der Waals surface area contributed by atoms with Gasteiger partial charge in [-0.3, -0.25) is 0 Å². The summed E-state index contributed by atoms with van der Waals surface area (Å²) in [5.74, 6) is 0. The van der Waals surface area contributed by atoms with Gasteiger partial charge in [0, 0.05) is 35.6 Å². The molecule has 334 valence electrons. The van der Waals surface area contributed by atoms with Crippen LogP contribution in [0.5, 0.6) is 0 Å². The normalized spacial score (nSPS) is 11.5.